The molecule has 1 unspecified atom stereocenters. The predicted molar refractivity (Wildman–Crippen MR) is 64.2 cm³/mol. The van der Waals surface area contributed by atoms with Crippen molar-refractivity contribution in [3.8, 4) is 5.75 Å². The number of carbonyl (C=O) groups excluding carboxylic acids is 1. The molecule has 1 aliphatic heterocycles. The van der Waals surface area contributed by atoms with Crippen molar-refractivity contribution in [2.24, 2.45) is 5.92 Å². The van der Waals surface area contributed by atoms with E-state index in [1.54, 1.807) is 0 Å². The van der Waals surface area contributed by atoms with Crippen LogP contribution < -0.4 is 4.74 Å². The number of carbonyl (C=O) groups is 1. The zero-order valence-corrected chi connectivity index (χ0v) is 11.0. The summed E-state index contributed by atoms with van der Waals surface area (Å²) in [6, 6.07) is 4.66. The molecule has 0 saturated carbocycles. The van der Waals surface area contributed by atoms with E-state index in [4.69, 9.17) is 0 Å². The Balaban J connectivity index is 2.17. The Morgan fingerprint density at radius 3 is 2.55 bits per heavy atom. The van der Waals surface area contributed by atoms with Crippen LogP contribution in [0.15, 0.2) is 24.3 Å². The Bertz CT molecular complexity index is 622. The van der Waals surface area contributed by atoms with Crippen molar-refractivity contribution in [3.05, 3.63) is 29.8 Å². The van der Waals surface area contributed by atoms with Crippen molar-refractivity contribution < 1.29 is 31.1 Å². The van der Waals surface area contributed by atoms with Crippen molar-refractivity contribution in [3.63, 3.8) is 0 Å². The first kappa shape index (κ1) is 14.8. The fourth-order valence-corrected chi connectivity index (χ4v) is 3.83. The molecule has 8 heteroatoms. The van der Waals surface area contributed by atoms with Gasteiger partial charge in [0.1, 0.15) is 5.75 Å². The summed E-state index contributed by atoms with van der Waals surface area (Å²) in [6.45, 7) is 0. The molecule has 1 aromatic carbocycles. The quantitative estimate of drug-likeness (QED) is 0.803. The molecule has 1 aromatic rings. The van der Waals surface area contributed by atoms with Crippen LogP contribution in [0.2, 0.25) is 0 Å². The van der Waals surface area contributed by atoms with Gasteiger partial charge in [-0.2, -0.15) is 0 Å². The Hall–Kier alpha value is -1.57. The molecule has 20 heavy (non-hydrogen) atoms. The highest BCUT2D eigenvalue weighted by Crippen LogP contribution is 2.27. The van der Waals surface area contributed by atoms with Crippen molar-refractivity contribution in [2.45, 2.75) is 12.8 Å². The molecule has 0 N–H and O–H groups in total. The SMILES string of the molecule is O=C(c1cccc(OC(F)(F)F)c1)C1CCS(=O)(=O)C1. The van der Waals surface area contributed by atoms with Gasteiger partial charge in [-0.25, -0.2) is 8.42 Å². The zero-order chi connectivity index (χ0) is 15.0. The lowest BCUT2D eigenvalue weighted by molar-refractivity contribution is -0.274. The summed E-state index contributed by atoms with van der Waals surface area (Å²) in [5.74, 6) is -1.98. The Morgan fingerprint density at radius 1 is 1.30 bits per heavy atom. The van der Waals surface area contributed by atoms with Gasteiger partial charge in [0.05, 0.1) is 11.5 Å². The van der Waals surface area contributed by atoms with Crippen LogP contribution in [0.25, 0.3) is 0 Å². The van der Waals surface area contributed by atoms with Gasteiger partial charge in [-0.3, -0.25) is 4.79 Å². The maximum absolute atomic E-state index is 12.1. The van der Waals surface area contributed by atoms with E-state index in [1.165, 1.54) is 12.1 Å². The molecule has 2 rings (SSSR count). The van der Waals surface area contributed by atoms with Crippen LogP contribution in [0.3, 0.4) is 0 Å². The summed E-state index contributed by atoms with van der Waals surface area (Å²) in [5, 5.41) is 0. The Morgan fingerprint density at radius 2 is 2.00 bits per heavy atom. The van der Waals surface area contributed by atoms with Crippen molar-refractivity contribution in [1.82, 2.24) is 0 Å². The third-order valence-corrected chi connectivity index (χ3v) is 4.72. The van der Waals surface area contributed by atoms with Crippen LogP contribution in [-0.2, 0) is 9.84 Å². The van der Waals surface area contributed by atoms with Gasteiger partial charge in [-0.1, -0.05) is 12.1 Å². The van der Waals surface area contributed by atoms with Gasteiger partial charge >= 0.3 is 6.36 Å². The van der Waals surface area contributed by atoms with E-state index in [0.717, 1.165) is 12.1 Å². The summed E-state index contributed by atoms with van der Waals surface area (Å²) in [4.78, 5) is 12.1. The van der Waals surface area contributed by atoms with E-state index < -0.39 is 33.7 Å². The highest BCUT2D eigenvalue weighted by atomic mass is 32.2. The van der Waals surface area contributed by atoms with E-state index in [2.05, 4.69) is 4.74 Å². The minimum Gasteiger partial charge on any atom is -0.406 e. The molecule has 4 nitrogen and oxygen atoms in total. The number of sulfone groups is 1. The van der Waals surface area contributed by atoms with Gasteiger partial charge in [-0.05, 0) is 18.6 Å². The maximum Gasteiger partial charge on any atom is 0.573 e. The number of rotatable bonds is 3. The molecule has 1 atom stereocenters. The number of alkyl halides is 3. The Kier molecular flexibility index (Phi) is 3.77. The number of ether oxygens (including phenoxy) is 1. The minimum atomic E-state index is -4.83. The van der Waals surface area contributed by atoms with Crippen LogP contribution in [0.4, 0.5) is 13.2 Å². The van der Waals surface area contributed by atoms with Crippen LogP contribution in [0.1, 0.15) is 16.8 Å². The first-order chi connectivity index (χ1) is 9.16. The number of hydrogen-bond donors (Lipinski definition) is 0. The van der Waals surface area contributed by atoms with Crippen LogP contribution >= 0.6 is 0 Å². The van der Waals surface area contributed by atoms with Gasteiger partial charge < -0.3 is 4.74 Å². The highest BCUT2D eigenvalue weighted by Gasteiger charge is 2.34. The molecule has 0 aromatic heterocycles. The fourth-order valence-electron chi connectivity index (χ4n) is 2.08. The summed E-state index contributed by atoms with van der Waals surface area (Å²) in [6.07, 6.45) is -4.64. The molecule has 0 radical (unpaired) electrons. The number of Topliss-reactive ketones (excluding diaryl/α,β-unsaturated/α-hetero) is 1. The van der Waals surface area contributed by atoms with E-state index in [1.807, 2.05) is 0 Å². The lowest BCUT2D eigenvalue weighted by Gasteiger charge is -2.11. The third kappa shape index (κ3) is 3.72. The molecule has 1 aliphatic rings. The van der Waals surface area contributed by atoms with Gasteiger partial charge in [-0.15, -0.1) is 13.2 Å². The number of benzene rings is 1. The second kappa shape index (κ2) is 5.08. The van der Waals surface area contributed by atoms with E-state index in [0.29, 0.717) is 0 Å². The molecule has 0 amide bonds. The summed E-state index contributed by atoms with van der Waals surface area (Å²) in [7, 11) is -3.22. The van der Waals surface area contributed by atoms with E-state index >= 15 is 0 Å². The van der Waals surface area contributed by atoms with E-state index in [9.17, 15) is 26.4 Å². The third-order valence-electron chi connectivity index (χ3n) is 2.96. The van der Waals surface area contributed by atoms with Crippen molar-refractivity contribution in [1.29, 1.82) is 0 Å². The predicted octanol–water partition coefficient (Wildman–Crippen LogP) is 2.20. The van der Waals surface area contributed by atoms with Crippen LogP contribution in [0.5, 0.6) is 5.75 Å². The lowest BCUT2D eigenvalue weighted by Crippen LogP contribution is -2.19. The first-order valence-electron chi connectivity index (χ1n) is 5.77. The van der Waals surface area contributed by atoms with Crippen molar-refractivity contribution in [2.75, 3.05) is 11.5 Å². The van der Waals surface area contributed by atoms with Crippen molar-refractivity contribution >= 4 is 15.6 Å². The van der Waals surface area contributed by atoms with Gasteiger partial charge in [0.15, 0.2) is 15.6 Å². The molecule has 0 aliphatic carbocycles. The molecule has 1 fully saturated rings. The zero-order valence-electron chi connectivity index (χ0n) is 10.2. The molecular weight excluding hydrogens is 297 g/mol. The monoisotopic (exact) mass is 308 g/mol. The number of hydrogen-bond acceptors (Lipinski definition) is 4. The topological polar surface area (TPSA) is 60.4 Å². The molecule has 1 saturated heterocycles. The second-order valence-electron chi connectivity index (χ2n) is 4.54. The lowest BCUT2D eigenvalue weighted by atomic mass is 9.97. The van der Waals surface area contributed by atoms with Gasteiger partial charge in [0.25, 0.3) is 0 Å². The number of halogens is 3. The molecular formula is C12H11F3O4S. The standard InChI is InChI=1S/C12H11F3O4S/c13-12(14,15)19-10-3-1-2-8(6-10)11(16)9-4-5-20(17,18)7-9/h1-3,6,9H,4-5,7H2. The number of ketones is 1. The van der Waals surface area contributed by atoms with Crippen LogP contribution in [0, 0.1) is 5.92 Å². The van der Waals surface area contributed by atoms with Crippen LogP contribution in [-0.4, -0.2) is 32.1 Å². The maximum atomic E-state index is 12.1. The summed E-state index contributed by atoms with van der Waals surface area (Å²) < 4.78 is 62.6. The minimum absolute atomic E-state index is 0.0221. The van der Waals surface area contributed by atoms with Gasteiger partial charge in [0, 0.05) is 11.5 Å². The summed E-state index contributed by atoms with van der Waals surface area (Å²) >= 11 is 0. The Labute approximate surface area is 113 Å². The largest absolute Gasteiger partial charge is 0.573 e. The average Bonchev–Trinajstić information content (AvgIpc) is 2.67. The molecule has 1 heterocycles. The molecule has 0 spiro atoms. The average molecular weight is 308 g/mol. The van der Waals surface area contributed by atoms with E-state index in [-0.39, 0.29) is 23.5 Å². The summed E-state index contributed by atoms with van der Waals surface area (Å²) in [5.41, 5.74) is 0.0221. The molecule has 110 valence electrons. The molecule has 0 bridgehead atoms. The first-order valence-corrected chi connectivity index (χ1v) is 7.59. The second-order valence-corrected chi connectivity index (χ2v) is 6.77. The normalized spacial score (nSPS) is 21.6. The fraction of sp³-hybridized carbons (Fsp3) is 0.417. The smallest absolute Gasteiger partial charge is 0.406 e. The highest BCUT2D eigenvalue weighted by molar-refractivity contribution is 7.91. The van der Waals surface area contributed by atoms with Gasteiger partial charge in [0.2, 0.25) is 0 Å².